The smallest absolute Gasteiger partial charge is 0.231 e. The third-order valence-corrected chi connectivity index (χ3v) is 5.33. The van der Waals surface area contributed by atoms with Crippen LogP contribution in [0.3, 0.4) is 0 Å². The predicted molar refractivity (Wildman–Crippen MR) is 108 cm³/mol. The van der Waals surface area contributed by atoms with E-state index in [1.807, 2.05) is 30.6 Å². The third kappa shape index (κ3) is 3.07. The maximum absolute atomic E-state index is 4.88. The van der Waals surface area contributed by atoms with Crippen LogP contribution in [-0.4, -0.2) is 47.7 Å². The molecule has 2 aromatic heterocycles. The van der Waals surface area contributed by atoms with Gasteiger partial charge < -0.3 is 14.7 Å². The maximum Gasteiger partial charge on any atom is 0.231 e. The number of pyridine rings is 1. The van der Waals surface area contributed by atoms with Gasteiger partial charge in [-0.15, -0.1) is 0 Å². The number of fused-ring (bicyclic) bond motifs is 1. The Bertz CT molecular complexity index is 921. The highest BCUT2D eigenvalue weighted by molar-refractivity contribution is 5.66. The van der Waals surface area contributed by atoms with Crippen LogP contribution < -0.4 is 14.7 Å². The van der Waals surface area contributed by atoms with Crippen molar-refractivity contribution in [1.82, 2.24) is 15.0 Å². The van der Waals surface area contributed by atoms with Gasteiger partial charge in [0, 0.05) is 50.8 Å². The monoisotopic (exact) mass is 358 g/mol. The van der Waals surface area contributed by atoms with Gasteiger partial charge in [0.2, 0.25) is 5.95 Å². The number of aromatic nitrogens is 3. The van der Waals surface area contributed by atoms with Crippen molar-refractivity contribution in [2.24, 2.45) is 0 Å². The lowest BCUT2D eigenvalue weighted by molar-refractivity contribution is 0.641. The topological polar surface area (TPSA) is 48.4 Å². The van der Waals surface area contributed by atoms with Crippen LogP contribution in [0.15, 0.2) is 60.9 Å². The van der Waals surface area contributed by atoms with Crippen molar-refractivity contribution in [3.8, 4) is 0 Å². The van der Waals surface area contributed by atoms with Crippen LogP contribution in [0.4, 0.5) is 23.3 Å². The fourth-order valence-electron chi connectivity index (χ4n) is 3.90. The van der Waals surface area contributed by atoms with Crippen LogP contribution in [-0.2, 0) is 6.42 Å². The van der Waals surface area contributed by atoms with Crippen LogP contribution in [0.2, 0.25) is 0 Å². The van der Waals surface area contributed by atoms with Crippen LogP contribution >= 0.6 is 0 Å². The minimum Gasteiger partial charge on any atom is -0.353 e. The molecule has 0 aliphatic carbocycles. The molecule has 2 aliphatic heterocycles. The highest BCUT2D eigenvalue weighted by atomic mass is 15.3. The molecule has 3 aromatic rings. The van der Waals surface area contributed by atoms with Crippen molar-refractivity contribution in [2.75, 3.05) is 47.4 Å². The Hall–Kier alpha value is -3.15. The highest BCUT2D eigenvalue weighted by Crippen LogP contribution is 2.32. The van der Waals surface area contributed by atoms with E-state index >= 15 is 0 Å². The summed E-state index contributed by atoms with van der Waals surface area (Å²) >= 11 is 0. The first-order valence-corrected chi connectivity index (χ1v) is 9.48. The van der Waals surface area contributed by atoms with E-state index in [0.717, 1.165) is 56.7 Å². The minimum absolute atomic E-state index is 0.796. The quantitative estimate of drug-likeness (QED) is 0.718. The largest absolute Gasteiger partial charge is 0.353 e. The van der Waals surface area contributed by atoms with Gasteiger partial charge in [-0.05, 0) is 36.2 Å². The van der Waals surface area contributed by atoms with E-state index in [4.69, 9.17) is 4.98 Å². The molecule has 0 saturated carbocycles. The molecule has 2 aliphatic rings. The number of rotatable bonds is 3. The summed E-state index contributed by atoms with van der Waals surface area (Å²) in [4.78, 5) is 20.8. The Balaban J connectivity index is 1.32. The van der Waals surface area contributed by atoms with Crippen LogP contribution in [0, 0.1) is 0 Å². The number of anilines is 4. The fraction of sp³-hybridized carbons (Fsp3) is 0.286. The molecular weight excluding hydrogens is 336 g/mol. The zero-order chi connectivity index (χ0) is 18.1. The summed E-state index contributed by atoms with van der Waals surface area (Å²) in [6, 6.07) is 16.6. The van der Waals surface area contributed by atoms with Gasteiger partial charge >= 0.3 is 0 Å². The lowest BCUT2D eigenvalue weighted by atomic mass is 10.2. The van der Waals surface area contributed by atoms with E-state index in [2.05, 4.69) is 55.0 Å². The predicted octanol–water partition coefficient (Wildman–Crippen LogP) is 2.89. The molecule has 1 fully saturated rings. The number of benzene rings is 1. The molecule has 4 heterocycles. The van der Waals surface area contributed by atoms with E-state index < -0.39 is 0 Å². The molecule has 136 valence electrons. The molecule has 0 radical (unpaired) electrons. The summed E-state index contributed by atoms with van der Waals surface area (Å²) in [5, 5.41) is 0. The van der Waals surface area contributed by atoms with Crippen LogP contribution in [0.25, 0.3) is 0 Å². The molecule has 0 spiro atoms. The average Bonchev–Trinajstić information content (AvgIpc) is 3.19. The Kier molecular flexibility index (Phi) is 4.08. The Morgan fingerprint density at radius 1 is 0.667 bits per heavy atom. The zero-order valence-electron chi connectivity index (χ0n) is 15.2. The molecule has 0 bridgehead atoms. The van der Waals surface area contributed by atoms with Gasteiger partial charge in [0.05, 0.1) is 0 Å². The summed E-state index contributed by atoms with van der Waals surface area (Å²) in [5.41, 5.74) is 2.60. The van der Waals surface area contributed by atoms with Crippen molar-refractivity contribution >= 4 is 23.3 Å². The van der Waals surface area contributed by atoms with Gasteiger partial charge in [-0.2, -0.15) is 4.98 Å². The minimum atomic E-state index is 0.796. The Labute approximate surface area is 159 Å². The molecule has 27 heavy (non-hydrogen) atoms. The maximum atomic E-state index is 4.88. The molecule has 0 amide bonds. The SMILES string of the molecule is c1ccc(N2CCN(c3ccnc(N4CCc5ccccc54)n3)CC2)nc1. The standard InChI is InChI=1S/C21H22N6/c1-2-6-18-17(5-1)9-12-27(18)21-23-11-8-20(24-21)26-15-13-25(14-16-26)19-7-3-4-10-22-19/h1-8,10-11H,9,12-16H2. The Morgan fingerprint density at radius 3 is 2.26 bits per heavy atom. The first-order valence-electron chi connectivity index (χ1n) is 9.48. The van der Waals surface area contributed by atoms with Crippen molar-refractivity contribution in [1.29, 1.82) is 0 Å². The number of nitrogens with zero attached hydrogens (tertiary/aromatic N) is 6. The average molecular weight is 358 g/mol. The number of hydrogen-bond acceptors (Lipinski definition) is 6. The van der Waals surface area contributed by atoms with Gasteiger partial charge in [0.25, 0.3) is 0 Å². The van der Waals surface area contributed by atoms with Crippen molar-refractivity contribution in [3.63, 3.8) is 0 Å². The molecule has 5 rings (SSSR count). The summed E-state index contributed by atoms with van der Waals surface area (Å²) in [7, 11) is 0. The molecule has 6 nitrogen and oxygen atoms in total. The first kappa shape index (κ1) is 16.1. The first-order chi connectivity index (χ1) is 13.4. The summed E-state index contributed by atoms with van der Waals surface area (Å²) < 4.78 is 0. The van der Waals surface area contributed by atoms with E-state index in [9.17, 15) is 0 Å². The van der Waals surface area contributed by atoms with Crippen molar-refractivity contribution in [3.05, 3.63) is 66.5 Å². The van der Waals surface area contributed by atoms with E-state index in [0.29, 0.717) is 0 Å². The summed E-state index contributed by atoms with van der Waals surface area (Å²) in [5.74, 6) is 2.85. The van der Waals surface area contributed by atoms with Gasteiger partial charge in [-0.25, -0.2) is 9.97 Å². The van der Waals surface area contributed by atoms with E-state index in [1.165, 1.54) is 11.3 Å². The van der Waals surface area contributed by atoms with E-state index in [-0.39, 0.29) is 0 Å². The van der Waals surface area contributed by atoms with Crippen molar-refractivity contribution < 1.29 is 0 Å². The zero-order valence-corrected chi connectivity index (χ0v) is 15.2. The molecule has 6 heteroatoms. The number of para-hydroxylation sites is 1. The molecule has 1 aromatic carbocycles. The number of hydrogen-bond donors (Lipinski definition) is 0. The highest BCUT2D eigenvalue weighted by Gasteiger charge is 2.24. The van der Waals surface area contributed by atoms with Gasteiger partial charge in [-0.1, -0.05) is 24.3 Å². The van der Waals surface area contributed by atoms with Gasteiger partial charge in [-0.3, -0.25) is 0 Å². The normalized spacial score (nSPS) is 16.5. The molecular formula is C21H22N6. The molecule has 0 unspecified atom stereocenters. The summed E-state index contributed by atoms with van der Waals surface area (Å²) in [6.07, 6.45) is 4.78. The van der Waals surface area contributed by atoms with E-state index in [1.54, 1.807) is 0 Å². The van der Waals surface area contributed by atoms with Crippen LogP contribution in [0.5, 0.6) is 0 Å². The molecule has 1 saturated heterocycles. The molecule has 0 atom stereocenters. The lowest BCUT2D eigenvalue weighted by Crippen LogP contribution is -2.47. The summed E-state index contributed by atoms with van der Waals surface area (Å²) in [6.45, 7) is 4.70. The van der Waals surface area contributed by atoms with Gasteiger partial charge in [0.1, 0.15) is 11.6 Å². The number of piperazine rings is 1. The third-order valence-electron chi connectivity index (χ3n) is 5.33. The second kappa shape index (κ2) is 6.87. The van der Waals surface area contributed by atoms with Crippen molar-refractivity contribution in [2.45, 2.75) is 6.42 Å². The van der Waals surface area contributed by atoms with Gasteiger partial charge in [0.15, 0.2) is 0 Å². The Morgan fingerprint density at radius 2 is 1.44 bits per heavy atom. The second-order valence-corrected chi connectivity index (χ2v) is 6.91. The molecule has 0 N–H and O–H groups in total. The fourth-order valence-corrected chi connectivity index (χ4v) is 3.90. The lowest BCUT2D eigenvalue weighted by Gasteiger charge is -2.36. The second-order valence-electron chi connectivity index (χ2n) is 6.91. The van der Waals surface area contributed by atoms with Crippen LogP contribution in [0.1, 0.15) is 5.56 Å².